The largest absolute Gasteiger partial charge is 0.480 e. The average molecular weight is 456 g/mol. The summed E-state index contributed by atoms with van der Waals surface area (Å²) in [5.74, 6) is -2.37. The first kappa shape index (κ1) is 26.4. The average Bonchev–Trinajstić information content (AvgIpc) is 2.63. The third-order valence-electron chi connectivity index (χ3n) is 3.89. The van der Waals surface area contributed by atoms with Crippen LogP contribution in [0.15, 0.2) is 35.3 Å². The summed E-state index contributed by atoms with van der Waals surface area (Å²) in [5, 5.41) is 14.5. The second-order valence-electron chi connectivity index (χ2n) is 6.39. The Morgan fingerprint density at radius 1 is 1.07 bits per heavy atom. The summed E-state index contributed by atoms with van der Waals surface area (Å²) in [6.07, 6.45) is 0.744. The Balaban J connectivity index is 0.00000784. The molecule has 2 amide bonds. The molecule has 0 aliphatic rings. The maximum Gasteiger partial charge on any atom is 0.326 e. The molecule has 10 nitrogen and oxygen atoms in total. The van der Waals surface area contributed by atoms with E-state index < -0.39 is 35.9 Å². The Morgan fingerprint density at radius 2 is 1.66 bits per heavy atom. The molecule has 0 saturated heterocycles. The van der Waals surface area contributed by atoms with Gasteiger partial charge < -0.3 is 32.9 Å². The fraction of sp³-hybridized carbons (Fsp3) is 0.444. The van der Waals surface area contributed by atoms with E-state index in [1.165, 1.54) is 6.92 Å². The van der Waals surface area contributed by atoms with Crippen molar-refractivity contribution in [2.75, 3.05) is 6.54 Å². The Hall–Kier alpha value is -2.62. The number of carbonyl (C=O) groups excluding carboxylic acids is 2. The van der Waals surface area contributed by atoms with E-state index in [1.807, 2.05) is 6.07 Å². The summed E-state index contributed by atoms with van der Waals surface area (Å²) in [7, 11) is 0. The van der Waals surface area contributed by atoms with Crippen molar-refractivity contribution in [3.05, 3.63) is 35.9 Å². The van der Waals surface area contributed by atoms with Gasteiger partial charge in [0.25, 0.3) is 0 Å². The van der Waals surface area contributed by atoms with Crippen LogP contribution in [-0.2, 0) is 37.9 Å². The van der Waals surface area contributed by atoms with Crippen molar-refractivity contribution in [2.24, 2.45) is 22.2 Å². The first-order valence-electron chi connectivity index (χ1n) is 8.89. The standard InChI is InChI=1S/C18H28N6O4.Cu/c1-11(19)15(25)23-13(8-5-9-22-18(20)21)16(26)24-14(17(27)28)10-12-6-3-2-4-7-12;/h2-4,6-7,11,13-14H,5,8-10,19H2,1H3,(H,23,25)(H,24,26)(H,27,28)(H4,20,21,22);. The van der Waals surface area contributed by atoms with Crippen LogP contribution < -0.4 is 27.8 Å². The minimum Gasteiger partial charge on any atom is -0.480 e. The molecule has 0 aliphatic carbocycles. The van der Waals surface area contributed by atoms with Crippen LogP contribution in [-0.4, -0.2) is 53.5 Å². The van der Waals surface area contributed by atoms with Gasteiger partial charge in [-0.15, -0.1) is 0 Å². The number of rotatable bonds is 11. The summed E-state index contributed by atoms with van der Waals surface area (Å²) in [4.78, 5) is 39.9. The number of benzene rings is 1. The van der Waals surface area contributed by atoms with E-state index in [0.29, 0.717) is 6.42 Å². The Labute approximate surface area is 180 Å². The Morgan fingerprint density at radius 3 is 2.17 bits per heavy atom. The molecule has 0 bridgehead atoms. The van der Waals surface area contributed by atoms with Gasteiger partial charge in [0, 0.05) is 30.0 Å². The summed E-state index contributed by atoms with van der Waals surface area (Å²) in [6, 6.07) is 6.02. The van der Waals surface area contributed by atoms with E-state index in [9.17, 15) is 19.5 Å². The minimum absolute atomic E-state index is 0. The van der Waals surface area contributed by atoms with Crippen molar-refractivity contribution < 1.29 is 36.6 Å². The van der Waals surface area contributed by atoms with Crippen molar-refractivity contribution >= 4 is 23.7 Å². The monoisotopic (exact) mass is 455 g/mol. The second-order valence-corrected chi connectivity index (χ2v) is 6.39. The molecular weight excluding hydrogens is 428 g/mol. The van der Waals surface area contributed by atoms with Gasteiger partial charge in [-0.1, -0.05) is 30.3 Å². The van der Waals surface area contributed by atoms with E-state index in [4.69, 9.17) is 17.2 Å². The van der Waals surface area contributed by atoms with Crippen molar-refractivity contribution in [1.29, 1.82) is 0 Å². The Kier molecular flexibility index (Phi) is 12.3. The van der Waals surface area contributed by atoms with Crippen LogP contribution in [0.3, 0.4) is 0 Å². The number of nitrogens with two attached hydrogens (primary N) is 3. The number of aliphatic imine (C=N–C) groups is 1. The maximum absolute atomic E-state index is 12.6. The van der Waals surface area contributed by atoms with Gasteiger partial charge in [0.2, 0.25) is 11.8 Å². The molecular formula is C18H28CuN6O4. The number of amides is 2. The molecule has 9 N–H and O–H groups in total. The molecule has 165 valence electrons. The van der Waals surface area contributed by atoms with Crippen LogP contribution in [0.1, 0.15) is 25.3 Å². The number of hydrogen-bond donors (Lipinski definition) is 6. The van der Waals surface area contributed by atoms with Crippen LogP contribution in [0.4, 0.5) is 0 Å². The van der Waals surface area contributed by atoms with Crippen molar-refractivity contribution in [3.8, 4) is 0 Å². The second kappa shape index (κ2) is 13.5. The van der Waals surface area contributed by atoms with Crippen molar-refractivity contribution in [3.63, 3.8) is 0 Å². The van der Waals surface area contributed by atoms with E-state index in [-0.39, 0.29) is 42.4 Å². The fourth-order valence-electron chi connectivity index (χ4n) is 2.40. The van der Waals surface area contributed by atoms with Gasteiger partial charge in [0.1, 0.15) is 12.1 Å². The summed E-state index contributed by atoms with van der Waals surface area (Å²) in [6.45, 7) is 1.76. The number of carbonyl (C=O) groups is 3. The predicted molar refractivity (Wildman–Crippen MR) is 105 cm³/mol. The van der Waals surface area contributed by atoms with Crippen LogP contribution in [0.25, 0.3) is 0 Å². The molecule has 0 saturated carbocycles. The summed E-state index contributed by atoms with van der Waals surface area (Å²) < 4.78 is 0. The van der Waals surface area contributed by atoms with Gasteiger partial charge in [-0.3, -0.25) is 14.6 Å². The number of hydrogen-bond acceptors (Lipinski definition) is 5. The summed E-state index contributed by atoms with van der Waals surface area (Å²) in [5.41, 5.74) is 16.8. The van der Waals surface area contributed by atoms with Crippen molar-refractivity contribution in [1.82, 2.24) is 10.6 Å². The SMILES string of the molecule is CC(N)C(=O)NC(CCCN=C(N)N)C(=O)NC(Cc1ccccc1)C(=O)O.[Cu]. The molecule has 1 rings (SSSR count). The normalized spacial score (nSPS) is 13.2. The zero-order valence-electron chi connectivity index (χ0n) is 16.1. The molecule has 3 atom stereocenters. The number of guanidine groups is 1. The molecule has 1 radical (unpaired) electrons. The van der Waals surface area contributed by atoms with Crippen LogP contribution in [0.2, 0.25) is 0 Å². The zero-order chi connectivity index (χ0) is 21.1. The number of carboxylic acid groups (broad SMARTS) is 1. The maximum atomic E-state index is 12.6. The van der Waals surface area contributed by atoms with E-state index >= 15 is 0 Å². The molecule has 0 spiro atoms. The topological polar surface area (TPSA) is 186 Å². The quantitative estimate of drug-likeness (QED) is 0.103. The fourth-order valence-corrected chi connectivity index (χ4v) is 2.40. The summed E-state index contributed by atoms with van der Waals surface area (Å²) >= 11 is 0. The van der Waals surface area contributed by atoms with Crippen LogP contribution in [0.5, 0.6) is 0 Å². The van der Waals surface area contributed by atoms with Crippen LogP contribution >= 0.6 is 0 Å². The molecule has 1 aromatic rings. The van der Waals surface area contributed by atoms with Gasteiger partial charge in [0.05, 0.1) is 6.04 Å². The molecule has 0 heterocycles. The number of carboxylic acids is 1. The molecule has 3 unspecified atom stereocenters. The number of aliphatic carboxylic acids is 1. The first-order chi connectivity index (χ1) is 13.2. The van der Waals surface area contributed by atoms with Gasteiger partial charge in [-0.05, 0) is 25.3 Å². The molecule has 29 heavy (non-hydrogen) atoms. The van der Waals surface area contributed by atoms with Gasteiger partial charge in [0.15, 0.2) is 5.96 Å². The van der Waals surface area contributed by atoms with Gasteiger partial charge in [-0.2, -0.15) is 0 Å². The number of nitrogens with one attached hydrogen (secondary N) is 2. The van der Waals surface area contributed by atoms with E-state index in [2.05, 4.69) is 15.6 Å². The zero-order valence-corrected chi connectivity index (χ0v) is 17.0. The third kappa shape index (κ3) is 10.5. The van der Waals surface area contributed by atoms with Crippen LogP contribution in [0, 0.1) is 0 Å². The smallest absolute Gasteiger partial charge is 0.326 e. The molecule has 1 aromatic carbocycles. The molecule has 0 aliphatic heterocycles. The molecule has 11 heteroatoms. The Bertz CT molecular complexity index is 695. The minimum atomic E-state index is -1.17. The van der Waals surface area contributed by atoms with E-state index in [0.717, 1.165) is 5.56 Å². The third-order valence-corrected chi connectivity index (χ3v) is 3.89. The van der Waals surface area contributed by atoms with Crippen molar-refractivity contribution in [2.45, 2.75) is 44.3 Å². The van der Waals surface area contributed by atoms with Gasteiger partial charge >= 0.3 is 5.97 Å². The molecule has 0 fully saturated rings. The predicted octanol–water partition coefficient (Wildman–Crippen LogP) is -1.32. The molecule has 0 aromatic heterocycles. The first-order valence-corrected chi connectivity index (χ1v) is 8.89. The van der Waals surface area contributed by atoms with Gasteiger partial charge in [-0.25, -0.2) is 4.79 Å². The number of nitrogens with zero attached hydrogens (tertiary/aromatic N) is 1. The van der Waals surface area contributed by atoms with E-state index in [1.54, 1.807) is 24.3 Å².